The summed E-state index contributed by atoms with van der Waals surface area (Å²) in [7, 11) is 1.91. The van der Waals surface area contributed by atoms with Crippen molar-refractivity contribution in [3.05, 3.63) is 10.8 Å². The lowest BCUT2D eigenvalue weighted by atomic mass is 10.8. The maximum absolute atomic E-state index is 4.02. The molecule has 0 aliphatic heterocycles. The fourth-order valence-electron chi connectivity index (χ4n) is 0.263. The van der Waals surface area contributed by atoms with Crippen LogP contribution in [0.15, 0.2) is 10.8 Å². The minimum Gasteiger partial charge on any atom is -0.308 e. The van der Waals surface area contributed by atoms with Crippen LogP contribution >= 0.6 is 24.4 Å². The lowest BCUT2D eigenvalue weighted by Gasteiger charge is -2.06. The van der Waals surface area contributed by atoms with E-state index in [-0.39, 0.29) is 0 Å². The molecule has 0 fully saturated rings. The van der Waals surface area contributed by atoms with Crippen molar-refractivity contribution in [3.63, 3.8) is 0 Å². The van der Waals surface area contributed by atoms with Crippen LogP contribution in [0.5, 0.6) is 0 Å². The zero-order valence-electron chi connectivity index (χ0n) is 5.14. The summed E-state index contributed by atoms with van der Waals surface area (Å²) in [5.41, 5.74) is 0. The Balaban J connectivity index is 3.24. The van der Waals surface area contributed by atoms with Crippen molar-refractivity contribution in [2.45, 2.75) is 12.3 Å². The average Bonchev–Trinajstić information content (AvgIpc) is 1.65. The van der Waals surface area contributed by atoms with Gasteiger partial charge in [0, 0.05) is 4.24 Å². The highest BCUT2D eigenvalue weighted by Crippen LogP contribution is 2.19. The number of thioether (sulfide) groups is 1. The van der Waals surface area contributed by atoms with Crippen molar-refractivity contribution < 1.29 is 0 Å². The van der Waals surface area contributed by atoms with E-state index in [0.29, 0.717) is 5.37 Å². The number of nitrogens with one attached hydrogen (secondary N) is 1. The second-order valence-corrected chi connectivity index (χ2v) is 3.72. The van der Waals surface area contributed by atoms with E-state index in [1.165, 1.54) is 0 Å². The fourth-order valence-corrected chi connectivity index (χ4v) is 1.26. The molecule has 0 spiro atoms. The van der Waals surface area contributed by atoms with Crippen LogP contribution in [0.1, 0.15) is 6.92 Å². The van der Waals surface area contributed by atoms with Crippen LogP contribution < -0.4 is 5.32 Å². The van der Waals surface area contributed by atoms with Gasteiger partial charge < -0.3 is 5.32 Å². The third-order valence-corrected chi connectivity index (χ3v) is 1.90. The molecule has 0 radical (unpaired) electrons. The fraction of sp³-hybridized carbons (Fsp3) is 0.600. The monoisotopic (exact) mass is 149 g/mol. The quantitative estimate of drug-likeness (QED) is 0.468. The SMILES string of the molecule is C=C(S)SC(C)NC. The predicted octanol–water partition coefficient (Wildman–Crippen LogP) is 1.69. The highest BCUT2D eigenvalue weighted by Gasteiger charge is 1.95. The molecule has 0 aromatic carbocycles. The summed E-state index contributed by atoms with van der Waals surface area (Å²) in [6.07, 6.45) is 0. The van der Waals surface area contributed by atoms with Gasteiger partial charge in [-0.3, -0.25) is 0 Å². The van der Waals surface area contributed by atoms with Crippen LogP contribution in [0.4, 0.5) is 0 Å². The van der Waals surface area contributed by atoms with Crippen molar-refractivity contribution in [3.8, 4) is 0 Å². The number of thiol groups is 1. The van der Waals surface area contributed by atoms with Crippen LogP contribution in [0.25, 0.3) is 0 Å². The molecule has 1 nitrogen and oxygen atoms in total. The molecular weight excluding hydrogens is 138 g/mol. The van der Waals surface area contributed by atoms with Crippen molar-refractivity contribution in [2.75, 3.05) is 7.05 Å². The van der Waals surface area contributed by atoms with Gasteiger partial charge >= 0.3 is 0 Å². The van der Waals surface area contributed by atoms with Gasteiger partial charge in [-0.1, -0.05) is 6.58 Å². The summed E-state index contributed by atoms with van der Waals surface area (Å²) < 4.78 is 0.854. The lowest BCUT2D eigenvalue weighted by Crippen LogP contribution is -2.16. The molecule has 0 aliphatic carbocycles. The van der Waals surface area contributed by atoms with E-state index in [2.05, 4.69) is 31.4 Å². The van der Waals surface area contributed by atoms with Crippen LogP contribution in [0.2, 0.25) is 0 Å². The lowest BCUT2D eigenvalue weighted by molar-refractivity contribution is 0.809. The highest BCUT2D eigenvalue weighted by atomic mass is 32.2. The Morgan fingerprint density at radius 3 is 2.50 bits per heavy atom. The van der Waals surface area contributed by atoms with E-state index < -0.39 is 0 Å². The first kappa shape index (κ1) is 8.40. The summed E-state index contributed by atoms with van der Waals surface area (Å²) in [4.78, 5) is 0. The Morgan fingerprint density at radius 2 is 2.38 bits per heavy atom. The number of hydrogen-bond donors (Lipinski definition) is 2. The van der Waals surface area contributed by atoms with Gasteiger partial charge in [-0.2, -0.15) is 0 Å². The second-order valence-electron chi connectivity index (χ2n) is 1.44. The molecule has 0 amide bonds. The van der Waals surface area contributed by atoms with Gasteiger partial charge in [0.1, 0.15) is 0 Å². The van der Waals surface area contributed by atoms with Crippen molar-refractivity contribution in [2.24, 2.45) is 0 Å². The van der Waals surface area contributed by atoms with E-state index in [9.17, 15) is 0 Å². The third kappa shape index (κ3) is 4.56. The molecule has 1 N–H and O–H groups in total. The van der Waals surface area contributed by atoms with Gasteiger partial charge in [0.05, 0.1) is 5.37 Å². The van der Waals surface area contributed by atoms with Gasteiger partial charge in [-0.25, -0.2) is 0 Å². The van der Waals surface area contributed by atoms with E-state index >= 15 is 0 Å². The third-order valence-electron chi connectivity index (χ3n) is 0.719. The summed E-state index contributed by atoms with van der Waals surface area (Å²) in [6.45, 7) is 5.69. The predicted molar refractivity (Wildman–Crippen MR) is 44.2 cm³/mol. The summed E-state index contributed by atoms with van der Waals surface area (Å²) in [5, 5.41) is 3.47. The van der Waals surface area contributed by atoms with Gasteiger partial charge in [0.2, 0.25) is 0 Å². The molecule has 0 heterocycles. The summed E-state index contributed by atoms with van der Waals surface area (Å²) >= 11 is 5.63. The smallest absolute Gasteiger partial charge is 0.0553 e. The largest absolute Gasteiger partial charge is 0.308 e. The van der Waals surface area contributed by atoms with Gasteiger partial charge in [0.15, 0.2) is 0 Å². The first-order chi connectivity index (χ1) is 3.66. The molecule has 1 unspecified atom stereocenters. The first-order valence-corrected chi connectivity index (χ1v) is 3.71. The van der Waals surface area contributed by atoms with Gasteiger partial charge in [-0.05, 0) is 14.0 Å². The van der Waals surface area contributed by atoms with Crippen molar-refractivity contribution >= 4 is 24.4 Å². The zero-order valence-corrected chi connectivity index (χ0v) is 6.85. The molecule has 0 saturated heterocycles. The second kappa shape index (κ2) is 4.30. The highest BCUT2D eigenvalue weighted by molar-refractivity contribution is 8.15. The van der Waals surface area contributed by atoms with E-state index in [1.807, 2.05) is 7.05 Å². The van der Waals surface area contributed by atoms with Crippen LogP contribution in [-0.4, -0.2) is 12.4 Å². The standard InChI is InChI=1S/C5H11NS2/c1-4(6-3)8-5(2)7/h4,6-7H,2H2,1,3H3. The number of rotatable bonds is 3. The minimum atomic E-state index is 0.417. The van der Waals surface area contributed by atoms with Gasteiger partial charge in [0.25, 0.3) is 0 Å². The molecule has 0 aromatic rings. The molecule has 0 bridgehead atoms. The molecule has 8 heavy (non-hydrogen) atoms. The Bertz CT molecular complexity index is 82.5. The number of hydrogen-bond acceptors (Lipinski definition) is 3. The molecule has 0 aromatic heterocycles. The summed E-state index contributed by atoms with van der Waals surface area (Å²) in [6, 6.07) is 0. The maximum Gasteiger partial charge on any atom is 0.0553 e. The Morgan fingerprint density at radius 1 is 1.88 bits per heavy atom. The molecule has 1 atom stereocenters. The zero-order chi connectivity index (χ0) is 6.57. The minimum absolute atomic E-state index is 0.417. The molecule has 0 saturated carbocycles. The molecule has 48 valence electrons. The molecule has 0 aliphatic rings. The Hall–Kier alpha value is 0.400. The van der Waals surface area contributed by atoms with Crippen molar-refractivity contribution in [1.29, 1.82) is 0 Å². The Kier molecular flexibility index (Phi) is 4.51. The Labute approximate surface area is 60.3 Å². The van der Waals surface area contributed by atoms with E-state index in [1.54, 1.807) is 11.8 Å². The molecule has 0 rings (SSSR count). The average molecular weight is 149 g/mol. The van der Waals surface area contributed by atoms with Gasteiger partial charge in [-0.15, -0.1) is 24.4 Å². The van der Waals surface area contributed by atoms with Crippen LogP contribution in [-0.2, 0) is 0 Å². The van der Waals surface area contributed by atoms with Crippen molar-refractivity contribution in [1.82, 2.24) is 5.32 Å². The van der Waals surface area contributed by atoms with Crippen LogP contribution in [0.3, 0.4) is 0 Å². The first-order valence-electron chi connectivity index (χ1n) is 2.38. The topological polar surface area (TPSA) is 12.0 Å². The molecule has 3 heteroatoms. The maximum atomic E-state index is 4.02. The van der Waals surface area contributed by atoms with E-state index in [4.69, 9.17) is 0 Å². The van der Waals surface area contributed by atoms with Crippen LogP contribution in [0, 0.1) is 0 Å². The normalized spacial score (nSPS) is 13.4. The summed E-state index contributed by atoms with van der Waals surface area (Å²) in [5.74, 6) is 0. The molecular formula is C5H11NS2. The van der Waals surface area contributed by atoms with E-state index in [0.717, 1.165) is 4.24 Å².